The molecular weight excluding hydrogens is 188 g/mol. The monoisotopic (exact) mass is 208 g/mol. The first kappa shape index (κ1) is 10.7. The number of amides is 1. The zero-order valence-corrected chi connectivity index (χ0v) is 9.22. The van der Waals surface area contributed by atoms with Gasteiger partial charge in [-0.3, -0.25) is 4.79 Å². The first-order chi connectivity index (χ1) is 7.36. The van der Waals surface area contributed by atoms with Crippen LogP contribution in [0.5, 0.6) is 0 Å². The number of hydrogen-bond donors (Lipinski definition) is 2. The Kier molecular flexibility index (Phi) is 3.78. The van der Waals surface area contributed by atoms with E-state index in [1.54, 1.807) is 0 Å². The van der Waals surface area contributed by atoms with Crippen molar-refractivity contribution in [1.82, 2.24) is 10.6 Å². The van der Waals surface area contributed by atoms with Crippen LogP contribution in [0.15, 0.2) is 11.6 Å². The summed E-state index contributed by atoms with van der Waals surface area (Å²) in [6.45, 7) is 1.80. The van der Waals surface area contributed by atoms with Crippen molar-refractivity contribution < 1.29 is 4.79 Å². The Bertz CT molecular complexity index is 254. The van der Waals surface area contributed by atoms with Crippen LogP contribution in [0.1, 0.15) is 38.5 Å². The summed E-state index contributed by atoms with van der Waals surface area (Å²) in [6.07, 6.45) is 9.24. The quantitative estimate of drug-likeness (QED) is 0.685. The highest BCUT2D eigenvalue weighted by atomic mass is 16.2. The van der Waals surface area contributed by atoms with E-state index in [0.717, 1.165) is 32.4 Å². The van der Waals surface area contributed by atoms with Crippen LogP contribution in [-0.4, -0.2) is 25.0 Å². The van der Waals surface area contributed by atoms with E-state index in [0.29, 0.717) is 0 Å². The van der Waals surface area contributed by atoms with Gasteiger partial charge in [0.15, 0.2) is 0 Å². The van der Waals surface area contributed by atoms with Crippen LogP contribution >= 0.6 is 0 Å². The predicted octanol–water partition coefficient (Wildman–Crippen LogP) is 1.35. The SMILES string of the molecule is O=C(NCCC1=CCCC1)C1CCCN1. The zero-order valence-electron chi connectivity index (χ0n) is 9.22. The highest BCUT2D eigenvalue weighted by Gasteiger charge is 2.21. The van der Waals surface area contributed by atoms with Crippen LogP contribution in [0.2, 0.25) is 0 Å². The highest BCUT2D eigenvalue weighted by Crippen LogP contribution is 2.19. The van der Waals surface area contributed by atoms with E-state index in [1.807, 2.05) is 0 Å². The van der Waals surface area contributed by atoms with Crippen molar-refractivity contribution in [1.29, 1.82) is 0 Å². The smallest absolute Gasteiger partial charge is 0.237 e. The maximum Gasteiger partial charge on any atom is 0.237 e. The third kappa shape index (κ3) is 3.06. The van der Waals surface area contributed by atoms with Gasteiger partial charge in [0.2, 0.25) is 5.91 Å². The molecule has 0 bridgehead atoms. The molecule has 84 valence electrons. The summed E-state index contributed by atoms with van der Waals surface area (Å²) in [7, 11) is 0. The van der Waals surface area contributed by atoms with Crippen LogP contribution in [0.4, 0.5) is 0 Å². The fourth-order valence-corrected chi connectivity index (χ4v) is 2.34. The fourth-order valence-electron chi connectivity index (χ4n) is 2.34. The van der Waals surface area contributed by atoms with E-state index in [4.69, 9.17) is 0 Å². The van der Waals surface area contributed by atoms with Crippen LogP contribution < -0.4 is 10.6 Å². The molecule has 1 saturated heterocycles. The fraction of sp³-hybridized carbons (Fsp3) is 0.750. The summed E-state index contributed by atoms with van der Waals surface area (Å²) in [6, 6.07) is 0.0718. The van der Waals surface area contributed by atoms with E-state index < -0.39 is 0 Å². The lowest BCUT2D eigenvalue weighted by Crippen LogP contribution is -2.40. The number of carbonyl (C=O) groups excluding carboxylic acids is 1. The van der Waals surface area contributed by atoms with Gasteiger partial charge in [-0.1, -0.05) is 11.6 Å². The summed E-state index contributed by atoms with van der Waals surface area (Å²) in [5.74, 6) is 0.186. The third-order valence-corrected chi connectivity index (χ3v) is 3.26. The number of rotatable bonds is 4. The second kappa shape index (κ2) is 5.31. The van der Waals surface area contributed by atoms with Crippen molar-refractivity contribution in [3.05, 3.63) is 11.6 Å². The molecule has 0 spiro atoms. The molecule has 0 aromatic rings. The first-order valence-corrected chi connectivity index (χ1v) is 6.05. The normalized spacial score (nSPS) is 25.3. The molecule has 1 unspecified atom stereocenters. The molecule has 1 heterocycles. The van der Waals surface area contributed by atoms with Gasteiger partial charge in [-0.25, -0.2) is 0 Å². The van der Waals surface area contributed by atoms with Gasteiger partial charge in [-0.15, -0.1) is 0 Å². The minimum absolute atomic E-state index is 0.0718. The van der Waals surface area contributed by atoms with Gasteiger partial charge >= 0.3 is 0 Å². The summed E-state index contributed by atoms with van der Waals surface area (Å²) in [4.78, 5) is 11.6. The minimum atomic E-state index is 0.0718. The molecule has 3 heteroatoms. The van der Waals surface area contributed by atoms with Gasteiger partial charge in [-0.05, 0) is 45.1 Å². The maximum atomic E-state index is 11.6. The molecule has 3 nitrogen and oxygen atoms in total. The Morgan fingerprint density at radius 1 is 1.53 bits per heavy atom. The lowest BCUT2D eigenvalue weighted by molar-refractivity contribution is -0.122. The van der Waals surface area contributed by atoms with E-state index in [9.17, 15) is 4.79 Å². The lowest BCUT2D eigenvalue weighted by Gasteiger charge is -2.11. The van der Waals surface area contributed by atoms with E-state index in [1.165, 1.54) is 24.8 Å². The Hall–Kier alpha value is -0.830. The molecule has 0 saturated carbocycles. The highest BCUT2D eigenvalue weighted by molar-refractivity contribution is 5.81. The Morgan fingerprint density at radius 2 is 2.47 bits per heavy atom. The molecule has 0 aromatic carbocycles. The predicted molar refractivity (Wildman–Crippen MR) is 60.6 cm³/mol. The average Bonchev–Trinajstić information content (AvgIpc) is 2.90. The van der Waals surface area contributed by atoms with Crippen molar-refractivity contribution >= 4 is 5.91 Å². The second-order valence-electron chi connectivity index (χ2n) is 4.44. The van der Waals surface area contributed by atoms with Crippen LogP contribution in [-0.2, 0) is 4.79 Å². The molecule has 2 N–H and O–H groups in total. The summed E-state index contributed by atoms with van der Waals surface area (Å²) < 4.78 is 0. The lowest BCUT2D eigenvalue weighted by atomic mass is 10.1. The van der Waals surface area contributed by atoms with E-state index in [-0.39, 0.29) is 11.9 Å². The molecule has 1 aliphatic heterocycles. The molecule has 1 aliphatic carbocycles. The number of allylic oxidation sites excluding steroid dienone is 1. The summed E-state index contributed by atoms with van der Waals surface area (Å²) >= 11 is 0. The number of hydrogen-bond acceptors (Lipinski definition) is 2. The first-order valence-electron chi connectivity index (χ1n) is 6.05. The largest absolute Gasteiger partial charge is 0.354 e. The van der Waals surface area contributed by atoms with Gasteiger partial charge < -0.3 is 10.6 Å². The van der Waals surface area contributed by atoms with Crippen molar-refractivity contribution in [2.75, 3.05) is 13.1 Å². The molecular formula is C12H20N2O. The molecule has 15 heavy (non-hydrogen) atoms. The topological polar surface area (TPSA) is 41.1 Å². The molecule has 0 aromatic heterocycles. The summed E-state index contributed by atoms with van der Waals surface area (Å²) in [5, 5.41) is 6.22. The van der Waals surface area contributed by atoms with Crippen molar-refractivity contribution in [2.24, 2.45) is 0 Å². The molecule has 2 rings (SSSR count). The van der Waals surface area contributed by atoms with Crippen molar-refractivity contribution in [3.63, 3.8) is 0 Å². The molecule has 1 fully saturated rings. The third-order valence-electron chi connectivity index (χ3n) is 3.26. The zero-order chi connectivity index (χ0) is 10.5. The second-order valence-corrected chi connectivity index (χ2v) is 4.44. The minimum Gasteiger partial charge on any atom is -0.354 e. The van der Waals surface area contributed by atoms with Crippen LogP contribution in [0, 0.1) is 0 Å². The van der Waals surface area contributed by atoms with Gasteiger partial charge in [0, 0.05) is 6.54 Å². The molecule has 2 aliphatic rings. The Balaban J connectivity index is 1.62. The van der Waals surface area contributed by atoms with Gasteiger partial charge in [0.1, 0.15) is 0 Å². The number of carbonyl (C=O) groups is 1. The Labute approximate surface area is 91.3 Å². The molecule has 1 amide bonds. The molecule has 1 atom stereocenters. The van der Waals surface area contributed by atoms with Crippen LogP contribution in [0.25, 0.3) is 0 Å². The van der Waals surface area contributed by atoms with Crippen LogP contribution in [0.3, 0.4) is 0 Å². The summed E-state index contributed by atoms with van der Waals surface area (Å²) in [5.41, 5.74) is 1.52. The molecule has 0 radical (unpaired) electrons. The van der Waals surface area contributed by atoms with E-state index >= 15 is 0 Å². The number of nitrogens with one attached hydrogen (secondary N) is 2. The standard InChI is InChI=1S/C12H20N2O/c15-12(11-6-3-8-13-11)14-9-7-10-4-1-2-5-10/h4,11,13H,1-3,5-9H2,(H,14,15). The van der Waals surface area contributed by atoms with Crippen molar-refractivity contribution in [3.8, 4) is 0 Å². The maximum absolute atomic E-state index is 11.6. The van der Waals surface area contributed by atoms with Gasteiger partial charge in [0.25, 0.3) is 0 Å². The average molecular weight is 208 g/mol. The van der Waals surface area contributed by atoms with E-state index in [2.05, 4.69) is 16.7 Å². The van der Waals surface area contributed by atoms with Gasteiger partial charge in [-0.2, -0.15) is 0 Å². The van der Waals surface area contributed by atoms with Gasteiger partial charge in [0.05, 0.1) is 6.04 Å². The Morgan fingerprint density at radius 3 is 3.13 bits per heavy atom. The van der Waals surface area contributed by atoms with Crippen molar-refractivity contribution in [2.45, 2.75) is 44.6 Å².